The van der Waals surface area contributed by atoms with Crippen molar-refractivity contribution in [3.8, 4) is 17.0 Å². The predicted octanol–water partition coefficient (Wildman–Crippen LogP) is 4.52. The van der Waals surface area contributed by atoms with Crippen LogP contribution in [0.1, 0.15) is 18.4 Å². The Hall–Kier alpha value is -2.90. The van der Waals surface area contributed by atoms with Crippen molar-refractivity contribution in [2.24, 2.45) is 5.73 Å². The number of unbranched alkanes of at least 4 members (excludes halogenated alkanes) is 1. The van der Waals surface area contributed by atoms with Gasteiger partial charge in [-0.1, -0.05) is 42.5 Å². The first-order valence-electron chi connectivity index (χ1n) is 9.50. The van der Waals surface area contributed by atoms with Gasteiger partial charge in [0, 0.05) is 24.7 Å². The van der Waals surface area contributed by atoms with Crippen molar-refractivity contribution >= 4 is 22.4 Å². The first-order valence-corrected chi connectivity index (χ1v) is 10.4. The number of thiazole rings is 1. The second-order valence-electron chi connectivity index (χ2n) is 6.55. The maximum atomic E-state index is 7.95. The fourth-order valence-corrected chi connectivity index (χ4v) is 3.67. The molecule has 152 valence electrons. The summed E-state index contributed by atoms with van der Waals surface area (Å²) >= 11 is 1.47. The van der Waals surface area contributed by atoms with Crippen LogP contribution in [0.5, 0.6) is 5.75 Å². The highest BCUT2D eigenvalue weighted by Crippen LogP contribution is 2.30. The van der Waals surface area contributed by atoms with Gasteiger partial charge in [-0.05, 0) is 30.5 Å². The Balaban J connectivity index is 1.69. The third kappa shape index (κ3) is 6.04. The molecule has 2 aromatic carbocycles. The van der Waals surface area contributed by atoms with E-state index < -0.39 is 0 Å². The quantitative estimate of drug-likeness (QED) is 0.292. The molecule has 0 aliphatic rings. The summed E-state index contributed by atoms with van der Waals surface area (Å²) in [6, 6.07) is 17.8. The van der Waals surface area contributed by atoms with E-state index in [4.69, 9.17) is 25.6 Å². The summed E-state index contributed by atoms with van der Waals surface area (Å²) in [5, 5.41) is 10.6. The van der Waals surface area contributed by atoms with Crippen LogP contribution in [0.15, 0.2) is 60.0 Å². The fourth-order valence-electron chi connectivity index (χ4n) is 2.83. The second kappa shape index (κ2) is 10.6. The monoisotopic (exact) mass is 410 g/mol. The third-order valence-electron chi connectivity index (χ3n) is 4.34. The normalized spacial score (nSPS) is 10.7. The molecule has 0 unspecified atom stereocenters. The number of hydrogen-bond donors (Lipinski definition) is 2. The Morgan fingerprint density at radius 3 is 2.66 bits per heavy atom. The molecule has 0 fully saturated rings. The number of nitrogens with two attached hydrogens (primary N) is 1. The van der Waals surface area contributed by atoms with E-state index in [1.54, 1.807) is 12.0 Å². The van der Waals surface area contributed by atoms with E-state index in [9.17, 15) is 0 Å². The van der Waals surface area contributed by atoms with Gasteiger partial charge in [0.1, 0.15) is 5.75 Å². The van der Waals surface area contributed by atoms with Crippen LogP contribution in [0.4, 0.5) is 5.13 Å². The molecule has 1 heterocycles. The molecule has 0 atom stereocenters. The summed E-state index contributed by atoms with van der Waals surface area (Å²) in [7, 11) is 1.71. The lowest BCUT2D eigenvalue weighted by atomic mass is 10.1. The van der Waals surface area contributed by atoms with E-state index in [1.807, 2.05) is 60.0 Å². The summed E-state index contributed by atoms with van der Waals surface area (Å²) in [6.07, 6.45) is 1.93. The van der Waals surface area contributed by atoms with Gasteiger partial charge < -0.3 is 15.2 Å². The fraction of sp³-hybridized carbons (Fsp3) is 0.273. The number of hydrogen-bond acceptors (Lipinski definition) is 5. The second-order valence-corrected chi connectivity index (χ2v) is 7.39. The van der Waals surface area contributed by atoms with Crippen LogP contribution in [-0.4, -0.2) is 31.3 Å². The van der Waals surface area contributed by atoms with Gasteiger partial charge in [0.15, 0.2) is 11.1 Å². The highest BCUT2D eigenvalue weighted by Gasteiger charge is 2.15. The topological polar surface area (TPSA) is 84.5 Å². The molecular weight excluding hydrogens is 384 g/mol. The predicted molar refractivity (Wildman–Crippen MR) is 119 cm³/mol. The molecule has 0 spiro atoms. The minimum atomic E-state index is -0.0251. The number of anilines is 1. The summed E-state index contributed by atoms with van der Waals surface area (Å²) in [6.45, 7) is 1.92. The van der Waals surface area contributed by atoms with Crippen molar-refractivity contribution in [1.82, 2.24) is 4.98 Å². The molecular formula is C22H26N4O2S. The number of ether oxygens (including phenoxy) is 2. The zero-order valence-corrected chi connectivity index (χ0v) is 17.3. The minimum Gasteiger partial charge on any atom is -0.494 e. The molecule has 3 aromatic rings. The van der Waals surface area contributed by atoms with Gasteiger partial charge in [-0.3, -0.25) is 10.3 Å². The number of benzene rings is 2. The van der Waals surface area contributed by atoms with Gasteiger partial charge >= 0.3 is 0 Å². The molecule has 0 aliphatic heterocycles. The zero-order valence-electron chi connectivity index (χ0n) is 16.5. The lowest BCUT2D eigenvalue weighted by Gasteiger charge is -2.19. The smallest absolute Gasteiger partial charge is 0.195 e. The van der Waals surface area contributed by atoms with Crippen LogP contribution in [-0.2, 0) is 11.3 Å². The van der Waals surface area contributed by atoms with Gasteiger partial charge in [-0.2, -0.15) is 0 Å². The average molecular weight is 411 g/mol. The third-order valence-corrected chi connectivity index (χ3v) is 5.20. The van der Waals surface area contributed by atoms with E-state index in [0.717, 1.165) is 42.0 Å². The molecule has 0 bridgehead atoms. The molecule has 0 amide bonds. The molecule has 1 aromatic heterocycles. The lowest BCUT2D eigenvalue weighted by molar-refractivity contribution is 0.184. The standard InChI is InChI=1S/C22H26N4O2S/c1-27-12-5-6-13-28-19-11-7-10-18(14-19)20-16-29-22(25-20)26(21(23)24)15-17-8-3-2-4-9-17/h2-4,7-11,14,16H,5-6,12-13,15H2,1H3,(H3,23,24). The van der Waals surface area contributed by atoms with E-state index in [0.29, 0.717) is 18.3 Å². The first-order chi connectivity index (χ1) is 14.2. The molecule has 7 heteroatoms. The van der Waals surface area contributed by atoms with Gasteiger partial charge in [-0.25, -0.2) is 4.98 Å². The first kappa shape index (κ1) is 20.8. The Morgan fingerprint density at radius 1 is 1.10 bits per heavy atom. The molecule has 6 nitrogen and oxygen atoms in total. The Labute approximate surface area is 175 Å². The minimum absolute atomic E-state index is 0.0251. The molecule has 3 rings (SSSR count). The van der Waals surface area contributed by atoms with Crippen molar-refractivity contribution in [2.45, 2.75) is 19.4 Å². The average Bonchev–Trinajstić information content (AvgIpc) is 3.22. The Bertz CT molecular complexity index is 914. The van der Waals surface area contributed by atoms with E-state index in [1.165, 1.54) is 11.3 Å². The molecule has 0 radical (unpaired) electrons. The largest absolute Gasteiger partial charge is 0.494 e. The maximum absolute atomic E-state index is 7.95. The number of nitrogens with zero attached hydrogens (tertiary/aromatic N) is 2. The van der Waals surface area contributed by atoms with Crippen molar-refractivity contribution in [3.63, 3.8) is 0 Å². The number of guanidine groups is 1. The van der Waals surface area contributed by atoms with Crippen LogP contribution >= 0.6 is 11.3 Å². The summed E-state index contributed by atoms with van der Waals surface area (Å²) < 4.78 is 10.9. The maximum Gasteiger partial charge on any atom is 0.195 e. The van der Waals surface area contributed by atoms with Crippen LogP contribution < -0.4 is 15.4 Å². The SMILES string of the molecule is COCCCCOc1cccc(-c2csc(N(Cc3ccccc3)C(=N)N)n2)c1. The highest BCUT2D eigenvalue weighted by atomic mass is 32.1. The highest BCUT2D eigenvalue weighted by molar-refractivity contribution is 7.14. The molecule has 29 heavy (non-hydrogen) atoms. The van der Waals surface area contributed by atoms with E-state index in [-0.39, 0.29) is 5.96 Å². The van der Waals surface area contributed by atoms with Crippen molar-refractivity contribution in [2.75, 3.05) is 25.2 Å². The van der Waals surface area contributed by atoms with Gasteiger partial charge in [-0.15, -0.1) is 11.3 Å². The van der Waals surface area contributed by atoms with Crippen molar-refractivity contribution in [1.29, 1.82) is 5.41 Å². The Morgan fingerprint density at radius 2 is 1.90 bits per heavy atom. The molecule has 0 aliphatic carbocycles. The van der Waals surface area contributed by atoms with Crippen LogP contribution in [0, 0.1) is 5.41 Å². The van der Waals surface area contributed by atoms with Gasteiger partial charge in [0.25, 0.3) is 0 Å². The number of rotatable bonds is 10. The van der Waals surface area contributed by atoms with E-state index in [2.05, 4.69) is 0 Å². The lowest BCUT2D eigenvalue weighted by Crippen LogP contribution is -2.35. The number of methoxy groups -OCH3 is 1. The van der Waals surface area contributed by atoms with Crippen LogP contribution in [0.3, 0.4) is 0 Å². The van der Waals surface area contributed by atoms with Gasteiger partial charge in [0.05, 0.1) is 18.8 Å². The summed E-state index contributed by atoms with van der Waals surface area (Å²) in [4.78, 5) is 6.42. The summed E-state index contributed by atoms with van der Waals surface area (Å²) in [5.41, 5.74) is 8.72. The summed E-state index contributed by atoms with van der Waals surface area (Å²) in [5.74, 6) is 0.796. The molecule has 0 saturated heterocycles. The zero-order chi connectivity index (χ0) is 20.5. The van der Waals surface area contributed by atoms with Crippen molar-refractivity contribution < 1.29 is 9.47 Å². The van der Waals surface area contributed by atoms with Crippen LogP contribution in [0.25, 0.3) is 11.3 Å². The molecule has 0 saturated carbocycles. The Kier molecular flexibility index (Phi) is 7.61. The van der Waals surface area contributed by atoms with E-state index >= 15 is 0 Å². The molecule has 3 N–H and O–H groups in total. The van der Waals surface area contributed by atoms with Crippen LogP contribution in [0.2, 0.25) is 0 Å². The number of aromatic nitrogens is 1. The number of nitrogens with one attached hydrogen (secondary N) is 1. The van der Waals surface area contributed by atoms with Crippen molar-refractivity contribution in [3.05, 3.63) is 65.5 Å². The van der Waals surface area contributed by atoms with Gasteiger partial charge in [0.2, 0.25) is 0 Å².